The van der Waals surface area contributed by atoms with Crippen molar-refractivity contribution in [3.8, 4) is 0 Å². The number of piperazine rings is 1. The Morgan fingerprint density at radius 3 is 2.65 bits per heavy atom. The Hall–Kier alpha value is -1.67. The maximum absolute atomic E-state index is 11.3. The van der Waals surface area contributed by atoms with Crippen LogP contribution in [-0.4, -0.2) is 59.0 Å². The van der Waals surface area contributed by atoms with Gasteiger partial charge in [0.1, 0.15) is 6.20 Å². The van der Waals surface area contributed by atoms with Crippen LogP contribution < -0.4 is 22.0 Å². The van der Waals surface area contributed by atoms with E-state index in [0.29, 0.717) is 12.5 Å². The SMILES string of the molecule is NCCN1CCN(c2nncc(=O)n2N)CC1. The second-order valence-corrected chi connectivity index (χ2v) is 3.97. The van der Waals surface area contributed by atoms with Gasteiger partial charge in [-0.2, -0.15) is 4.68 Å². The minimum Gasteiger partial charge on any atom is -0.337 e. The summed E-state index contributed by atoms with van der Waals surface area (Å²) in [5.74, 6) is 6.05. The van der Waals surface area contributed by atoms with Crippen molar-refractivity contribution in [2.24, 2.45) is 5.73 Å². The Morgan fingerprint density at radius 1 is 1.29 bits per heavy atom. The van der Waals surface area contributed by atoms with Gasteiger partial charge in [0.2, 0.25) is 5.95 Å². The molecule has 0 radical (unpaired) electrons. The van der Waals surface area contributed by atoms with E-state index in [9.17, 15) is 4.79 Å². The highest BCUT2D eigenvalue weighted by molar-refractivity contribution is 5.30. The van der Waals surface area contributed by atoms with E-state index >= 15 is 0 Å². The number of anilines is 1. The van der Waals surface area contributed by atoms with Gasteiger partial charge in [-0.3, -0.25) is 9.69 Å². The first-order valence-corrected chi connectivity index (χ1v) is 5.59. The summed E-state index contributed by atoms with van der Waals surface area (Å²) >= 11 is 0. The molecule has 1 aliphatic rings. The van der Waals surface area contributed by atoms with E-state index in [4.69, 9.17) is 11.6 Å². The fourth-order valence-electron chi connectivity index (χ4n) is 1.91. The fourth-order valence-corrected chi connectivity index (χ4v) is 1.91. The normalized spacial score (nSPS) is 17.4. The molecule has 2 heterocycles. The molecule has 1 fully saturated rings. The number of hydrogen-bond donors (Lipinski definition) is 2. The molecule has 1 aromatic heterocycles. The molecule has 0 bridgehead atoms. The molecule has 1 aliphatic heterocycles. The molecule has 0 aromatic carbocycles. The summed E-state index contributed by atoms with van der Waals surface area (Å²) in [5.41, 5.74) is 5.16. The van der Waals surface area contributed by atoms with E-state index in [1.807, 2.05) is 4.90 Å². The highest BCUT2D eigenvalue weighted by Gasteiger charge is 2.19. The summed E-state index contributed by atoms with van der Waals surface area (Å²) in [6, 6.07) is 0. The van der Waals surface area contributed by atoms with Crippen molar-refractivity contribution in [3.05, 3.63) is 16.6 Å². The molecule has 8 nitrogen and oxygen atoms in total. The van der Waals surface area contributed by atoms with Gasteiger partial charge in [0, 0.05) is 39.3 Å². The number of nitrogens with zero attached hydrogens (tertiary/aromatic N) is 5. The molecule has 0 spiro atoms. The van der Waals surface area contributed by atoms with E-state index in [-0.39, 0.29) is 5.56 Å². The maximum Gasteiger partial charge on any atom is 0.292 e. The third-order valence-electron chi connectivity index (χ3n) is 2.87. The molecule has 0 atom stereocenters. The summed E-state index contributed by atoms with van der Waals surface area (Å²) in [6.07, 6.45) is 1.11. The molecule has 1 aromatic rings. The zero-order valence-corrected chi connectivity index (χ0v) is 9.62. The third-order valence-corrected chi connectivity index (χ3v) is 2.87. The molecule has 8 heteroatoms. The average molecular weight is 239 g/mol. The second kappa shape index (κ2) is 5.11. The predicted octanol–water partition coefficient (Wildman–Crippen LogP) is -2.57. The molecule has 4 N–H and O–H groups in total. The van der Waals surface area contributed by atoms with Gasteiger partial charge in [0.25, 0.3) is 5.56 Å². The van der Waals surface area contributed by atoms with E-state index in [1.54, 1.807) is 0 Å². The first kappa shape index (κ1) is 11.8. The Bertz CT molecular complexity index is 424. The van der Waals surface area contributed by atoms with Crippen molar-refractivity contribution >= 4 is 5.95 Å². The fraction of sp³-hybridized carbons (Fsp3) is 0.667. The van der Waals surface area contributed by atoms with Gasteiger partial charge in [-0.25, -0.2) is 0 Å². The summed E-state index contributed by atoms with van der Waals surface area (Å²) in [6.45, 7) is 4.88. The van der Waals surface area contributed by atoms with Crippen LogP contribution in [0.25, 0.3) is 0 Å². The van der Waals surface area contributed by atoms with Crippen LogP contribution in [0.3, 0.4) is 0 Å². The molecule has 2 rings (SSSR count). The lowest BCUT2D eigenvalue weighted by molar-refractivity contribution is 0.262. The third kappa shape index (κ3) is 2.53. The van der Waals surface area contributed by atoms with Gasteiger partial charge in [-0.05, 0) is 0 Å². The highest BCUT2D eigenvalue weighted by Crippen LogP contribution is 2.08. The Labute approximate surface area is 98.8 Å². The number of rotatable bonds is 3. The molecule has 1 saturated heterocycles. The van der Waals surface area contributed by atoms with Gasteiger partial charge in [0.05, 0.1) is 0 Å². The average Bonchev–Trinajstić information content (AvgIpc) is 2.34. The molecule has 94 valence electrons. The van der Waals surface area contributed by atoms with Crippen molar-refractivity contribution in [3.63, 3.8) is 0 Å². The Morgan fingerprint density at radius 2 is 2.00 bits per heavy atom. The molecule has 0 aliphatic carbocycles. The van der Waals surface area contributed by atoms with Gasteiger partial charge >= 0.3 is 0 Å². The smallest absolute Gasteiger partial charge is 0.292 e. The largest absolute Gasteiger partial charge is 0.337 e. The van der Waals surface area contributed by atoms with E-state index in [0.717, 1.165) is 43.6 Å². The minimum absolute atomic E-state index is 0.348. The van der Waals surface area contributed by atoms with E-state index in [2.05, 4.69) is 15.1 Å². The summed E-state index contributed by atoms with van der Waals surface area (Å²) in [5, 5.41) is 7.54. The second-order valence-electron chi connectivity index (χ2n) is 3.97. The van der Waals surface area contributed by atoms with E-state index in [1.165, 1.54) is 0 Å². The maximum atomic E-state index is 11.3. The van der Waals surface area contributed by atoms with Crippen LogP contribution in [0.1, 0.15) is 0 Å². The van der Waals surface area contributed by atoms with Crippen molar-refractivity contribution in [1.82, 2.24) is 19.8 Å². The first-order chi connectivity index (χ1) is 8.22. The lowest BCUT2D eigenvalue weighted by atomic mass is 10.3. The van der Waals surface area contributed by atoms with Crippen molar-refractivity contribution in [2.75, 3.05) is 50.0 Å². The van der Waals surface area contributed by atoms with Gasteiger partial charge in [-0.1, -0.05) is 0 Å². The number of nitrogens with two attached hydrogens (primary N) is 2. The van der Waals surface area contributed by atoms with Crippen molar-refractivity contribution in [2.45, 2.75) is 0 Å². The molecule has 0 unspecified atom stereocenters. The zero-order chi connectivity index (χ0) is 12.3. The van der Waals surface area contributed by atoms with Crippen LogP contribution in [0.2, 0.25) is 0 Å². The lowest BCUT2D eigenvalue weighted by Gasteiger charge is -2.34. The molecule has 17 heavy (non-hydrogen) atoms. The van der Waals surface area contributed by atoms with Crippen LogP contribution in [-0.2, 0) is 0 Å². The van der Waals surface area contributed by atoms with Crippen LogP contribution in [0.15, 0.2) is 11.0 Å². The molecule has 0 saturated carbocycles. The van der Waals surface area contributed by atoms with Crippen LogP contribution in [0.4, 0.5) is 5.95 Å². The number of aromatic nitrogens is 3. The lowest BCUT2D eigenvalue weighted by Crippen LogP contribution is -2.50. The summed E-state index contributed by atoms with van der Waals surface area (Å²) < 4.78 is 1.03. The van der Waals surface area contributed by atoms with Gasteiger partial charge in [0.15, 0.2) is 0 Å². The van der Waals surface area contributed by atoms with Crippen molar-refractivity contribution < 1.29 is 0 Å². The van der Waals surface area contributed by atoms with Gasteiger partial charge < -0.3 is 16.5 Å². The zero-order valence-electron chi connectivity index (χ0n) is 9.62. The predicted molar refractivity (Wildman–Crippen MR) is 64.1 cm³/mol. The number of nitrogen functional groups attached to an aromatic ring is 1. The quantitative estimate of drug-likeness (QED) is 0.558. The monoisotopic (exact) mass is 239 g/mol. The molecular weight excluding hydrogens is 222 g/mol. The van der Waals surface area contributed by atoms with E-state index < -0.39 is 0 Å². The number of hydrogen-bond acceptors (Lipinski definition) is 7. The Balaban J connectivity index is 2.05. The summed E-state index contributed by atoms with van der Waals surface area (Å²) in [7, 11) is 0. The summed E-state index contributed by atoms with van der Waals surface area (Å²) in [4.78, 5) is 15.6. The first-order valence-electron chi connectivity index (χ1n) is 5.59. The van der Waals surface area contributed by atoms with Crippen LogP contribution in [0.5, 0.6) is 0 Å². The topological polar surface area (TPSA) is 106 Å². The highest BCUT2D eigenvalue weighted by atomic mass is 16.1. The van der Waals surface area contributed by atoms with Crippen LogP contribution >= 0.6 is 0 Å². The van der Waals surface area contributed by atoms with Crippen LogP contribution in [0, 0.1) is 0 Å². The molecular formula is C9H17N7O. The van der Waals surface area contributed by atoms with Gasteiger partial charge in [-0.15, -0.1) is 10.2 Å². The standard InChI is InChI=1S/C9H17N7O/c10-1-2-14-3-5-15(6-4-14)9-13-12-7-8(17)16(9)11/h7H,1-6,10-11H2. The molecule has 0 amide bonds. The minimum atomic E-state index is -0.348. The Kier molecular flexibility index (Phi) is 3.55. The van der Waals surface area contributed by atoms with Crippen molar-refractivity contribution in [1.29, 1.82) is 0 Å².